The van der Waals surface area contributed by atoms with Gasteiger partial charge in [0.05, 0.1) is 29.3 Å². The third kappa shape index (κ3) is 4.43. The number of H-pyrrole nitrogens is 1. The molecule has 0 radical (unpaired) electrons. The van der Waals surface area contributed by atoms with Gasteiger partial charge in [-0.05, 0) is 66.3 Å². The maximum Gasteiger partial charge on any atom is 0.265 e. The minimum Gasteiger partial charge on any atom is -0.341 e. The van der Waals surface area contributed by atoms with Gasteiger partial charge in [0.15, 0.2) is 0 Å². The fourth-order valence-electron chi connectivity index (χ4n) is 4.90. The molecule has 2 aromatic heterocycles. The monoisotopic (exact) mass is 455 g/mol. The van der Waals surface area contributed by atoms with E-state index in [9.17, 15) is 4.79 Å². The molecule has 2 aromatic carbocycles. The highest BCUT2D eigenvalue weighted by Gasteiger charge is 2.28. The van der Waals surface area contributed by atoms with Crippen LogP contribution in [0.15, 0.2) is 60.8 Å². The van der Waals surface area contributed by atoms with Crippen molar-refractivity contribution in [3.8, 4) is 0 Å². The summed E-state index contributed by atoms with van der Waals surface area (Å²) >= 11 is 0. The number of aromatic amines is 1. The zero-order chi connectivity index (χ0) is 23.5. The minimum atomic E-state index is -0.328. The van der Waals surface area contributed by atoms with Gasteiger partial charge in [0.1, 0.15) is 5.82 Å². The third-order valence-electron chi connectivity index (χ3n) is 6.59. The number of carbonyl (C=O) groups is 1. The molecule has 8 heteroatoms. The van der Waals surface area contributed by atoms with Gasteiger partial charge >= 0.3 is 0 Å². The topological polar surface area (TPSA) is 126 Å². The molecule has 0 bridgehead atoms. The number of benzene rings is 2. The first-order valence-electron chi connectivity index (χ1n) is 11.6. The smallest absolute Gasteiger partial charge is 0.265 e. The summed E-state index contributed by atoms with van der Waals surface area (Å²) in [6.45, 7) is 1.64. The second kappa shape index (κ2) is 9.72. The molecule has 1 atom stereocenters. The van der Waals surface area contributed by atoms with Gasteiger partial charge in [-0.3, -0.25) is 20.1 Å². The normalized spacial score (nSPS) is 15.4. The molecule has 174 valence electrons. The van der Waals surface area contributed by atoms with Crippen LogP contribution in [0.3, 0.4) is 0 Å². The molecule has 6 N–H and O–H groups in total. The van der Waals surface area contributed by atoms with Gasteiger partial charge in [0, 0.05) is 24.8 Å². The van der Waals surface area contributed by atoms with Crippen LogP contribution in [0.1, 0.15) is 57.5 Å². The lowest BCUT2D eigenvalue weighted by atomic mass is 9.90. The van der Waals surface area contributed by atoms with Gasteiger partial charge < -0.3 is 10.7 Å². The Kier molecular flexibility index (Phi) is 6.35. The van der Waals surface area contributed by atoms with Crippen LogP contribution in [-0.2, 0) is 26.1 Å². The van der Waals surface area contributed by atoms with E-state index >= 15 is 0 Å². The molecule has 1 aliphatic carbocycles. The number of nitrogen functional groups attached to an aromatic ring is 1. The van der Waals surface area contributed by atoms with Gasteiger partial charge in [-0.2, -0.15) is 0 Å². The number of nitrogens with two attached hydrogens (primary N) is 2. The summed E-state index contributed by atoms with van der Waals surface area (Å²) in [6, 6.07) is 18.0. The molecular formula is C26H29N7O. The molecule has 4 aromatic rings. The summed E-state index contributed by atoms with van der Waals surface area (Å²) in [5.74, 6) is 5.91. The molecule has 34 heavy (non-hydrogen) atoms. The highest BCUT2D eigenvalue weighted by Crippen LogP contribution is 2.35. The van der Waals surface area contributed by atoms with E-state index < -0.39 is 0 Å². The Balaban J connectivity index is 1.51. The van der Waals surface area contributed by atoms with Crippen molar-refractivity contribution in [2.75, 3.05) is 0 Å². The fraction of sp³-hybridized carbons (Fsp3) is 0.269. The number of hydrogen-bond donors (Lipinski definition) is 4. The van der Waals surface area contributed by atoms with Crippen molar-refractivity contribution in [2.24, 2.45) is 11.6 Å². The molecule has 0 saturated heterocycles. The summed E-state index contributed by atoms with van der Waals surface area (Å²) in [6.07, 6.45) is 5.06. The van der Waals surface area contributed by atoms with Crippen molar-refractivity contribution in [3.05, 3.63) is 94.6 Å². The minimum absolute atomic E-state index is 0.163. The van der Waals surface area contributed by atoms with Gasteiger partial charge in [-0.25, -0.2) is 10.8 Å². The van der Waals surface area contributed by atoms with Crippen LogP contribution in [0.4, 0.5) is 0 Å². The number of amides is 1. The zero-order valence-corrected chi connectivity index (χ0v) is 19.0. The third-order valence-corrected chi connectivity index (χ3v) is 6.59. The first-order chi connectivity index (χ1) is 16.7. The Hall–Kier alpha value is -3.59. The number of nitrogens with one attached hydrogen (secondary N) is 2. The summed E-state index contributed by atoms with van der Waals surface area (Å²) in [5.41, 5.74) is 15.2. The quantitative estimate of drug-likeness (QED) is 0.193. The van der Waals surface area contributed by atoms with E-state index in [1.807, 2.05) is 48.7 Å². The number of hydrogen-bond acceptors (Lipinski definition) is 6. The molecule has 1 amide bonds. The van der Waals surface area contributed by atoms with Crippen LogP contribution in [0.2, 0.25) is 0 Å². The number of nitrogens with zero attached hydrogens (tertiary/aromatic N) is 3. The van der Waals surface area contributed by atoms with Crippen LogP contribution < -0.4 is 17.0 Å². The van der Waals surface area contributed by atoms with E-state index in [0.717, 1.165) is 52.9 Å². The standard InChI is InChI=1S/C26H29N7O/c27-14-20-13-18(26(34)32-28)10-11-19(20)15-33(16-24-30-21-7-1-2-8-22(21)31-24)23-9-3-5-17-6-4-12-29-25(17)23/h1-2,4,6-8,10-13,23H,3,5,9,14-16,27-28H2,(H,30,31)(H,32,34). The molecule has 1 aliphatic rings. The predicted molar refractivity (Wildman–Crippen MR) is 131 cm³/mol. The largest absolute Gasteiger partial charge is 0.341 e. The zero-order valence-electron chi connectivity index (χ0n) is 19.0. The van der Waals surface area contributed by atoms with Crippen LogP contribution in [0, 0.1) is 0 Å². The molecule has 0 spiro atoms. The van der Waals surface area contributed by atoms with E-state index in [-0.39, 0.29) is 11.9 Å². The lowest BCUT2D eigenvalue weighted by Crippen LogP contribution is -2.32. The van der Waals surface area contributed by atoms with E-state index in [0.29, 0.717) is 25.2 Å². The van der Waals surface area contributed by atoms with Crippen molar-refractivity contribution in [1.82, 2.24) is 25.3 Å². The lowest BCUT2D eigenvalue weighted by Gasteiger charge is -2.35. The summed E-state index contributed by atoms with van der Waals surface area (Å²) < 4.78 is 0. The Morgan fingerprint density at radius 2 is 2.00 bits per heavy atom. The molecule has 2 heterocycles. The molecular weight excluding hydrogens is 426 g/mol. The number of rotatable bonds is 7. The van der Waals surface area contributed by atoms with Crippen molar-refractivity contribution in [1.29, 1.82) is 0 Å². The number of pyridine rings is 1. The number of imidazole rings is 1. The van der Waals surface area contributed by atoms with Crippen molar-refractivity contribution in [2.45, 2.75) is 44.9 Å². The van der Waals surface area contributed by atoms with Gasteiger partial charge in [0.25, 0.3) is 5.91 Å². The van der Waals surface area contributed by atoms with E-state index in [1.54, 1.807) is 6.07 Å². The number of aromatic nitrogens is 3. The highest BCUT2D eigenvalue weighted by molar-refractivity contribution is 5.94. The summed E-state index contributed by atoms with van der Waals surface area (Å²) in [5, 5.41) is 0. The maximum atomic E-state index is 12.0. The van der Waals surface area contributed by atoms with Crippen LogP contribution in [0.25, 0.3) is 11.0 Å². The van der Waals surface area contributed by atoms with Gasteiger partial charge in [0.2, 0.25) is 0 Å². The average molecular weight is 456 g/mol. The molecule has 5 rings (SSSR count). The Labute approximate surface area is 198 Å². The first-order valence-corrected chi connectivity index (χ1v) is 11.6. The second-order valence-corrected chi connectivity index (χ2v) is 8.72. The van der Waals surface area contributed by atoms with E-state index in [1.165, 1.54) is 5.56 Å². The van der Waals surface area contributed by atoms with Crippen molar-refractivity contribution >= 4 is 16.9 Å². The number of carbonyl (C=O) groups excluding carboxylic acids is 1. The van der Waals surface area contributed by atoms with E-state index in [2.05, 4.69) is 21.4 Å². The molecule has 1 unspecified atom stereocenters. The first kappa shape index (κ1) is 22.2. The SMILES string of the molecule is NCc1cc(C(=O)NN)ccc1CN(Cc1nc2ccccc2[nH]1)C1CCCc2cccnc21. The number of para-hydroxylation sites is 2. The van der Waals surface area contributed by atoms with Crippen molar-refractivity contribution < 1.29 is 4.79 Å². The molecule has 0 fully saturated rings. The summed E-state index contributed by atoms with van der Waals surface area (Å²) in [7, 11) is 0. The van der Waals surface area contributed by atoms with Gasteiger partial charge in [-0.15, -0.1) is 0 Å². The van der Waals surface area contributed by atoms with Crippen molar-refractivity contribution in [3.63, 3.8) is 0 Å². The second-order valence-electron chi connectivity index (χ2n) is 8.72. The van der Waals surface area contributed by atoms with Crippen LogP contribution in [-0.4, -0.2) is 25.8 Å². The lowest BCUT2D eigenvalue weighted by molar-refractivity contribution is 0.0953. The fourth-order valence-corrected chi connectivity index (χ4v) is 4.90. The van der Waals surface area contributed by atoms with Gasteiger partial charge in [-0.1, -0.05) is 24.3 Å². The average Bonchev–Trinajstić information content (AvgIpc) is 3.30. The van der Waals surface area contributed by atoms with Crippen LogP contribution in [0.5, 0.6) is 0 Å². The molecule has 8 nitrogen and oxygen atoms in total. The highest BCUT2D eigenvalue weighted by atomic mass is 16.2. The Morgan fingerprint density at radius 1 is 1.12 bits per heavy atom. The molecule has 0 aliphatic heterocycles. The predicted octanol–water partition coefficient (Wildman–Crippen LogP) is 3.10. The van der Waals surface area contributed by atoms with Crippen LogP contribution >= 0.6 is 0 Å². The Bertz CT molecular complexity index is 1280. The maximum absolute atomic E-state index is 12.0. The van der Waals surface area contributed by atoms with E-state index in [4.69, 9.17) is 21.5 Å². The number of aryl methyl sites for hydroxylation is 1. The number of hydrazine groups is 1. The summed E-state index contributed by atoms with van der Waals surface area (Å²) in [4.78, 5) is 27.5. The molecule has 0 saturated carbocycles. The number of fused-ring (bicyclic) bond motifs is 2. The Morgan fingerprint density at radius 3 is 2.82 bits per heavy atom.